The van der Waals surface area contributed by atoms with Gasteiger partial charge < -0.3 is 20.7 Å². The molecule has 2 saturated heterocycles. The van der Waals surface area contributed by atoms with Gasteiger partial charge in [0.05, 0.1) is 24.8 Å². The fourth-order valence-electron chi connectivity index (χ4n) is 2.59. The van der Waals surface area contributed by atoms with Gasteiger partial charge in [0.25, 0.3) is 0 Å². The number of halogens is 3. The standard InChI is InChI=1S/C12H19F3N4O2/c1-16-11(17-5-10(20)18-6-12(13,14)15)19-8-4-7-2-3-9(8)21-7/h7-9H,2-6H2,1H3,(H,18,20)(H2,16,17,19). The number of amides is 1. The number of nitrogens with one attached hydrogen (secondary N) is 3. The van der Waals surface area contributed by atoms with E-state index in [0.29, 0.717) is 5.96 Å². The molecule has 3 atom stereocenters. The molecule has 120 valence electrons. The van der Waals surface area contributed by atoms with Crippen LogP contribution in [0.4, 0.5) is 13.2 Å². The van der Waals surface area contributed by atoms with Gasteiger partial charge in [-0.3, -0.25) is 9.79 Å². The summed E-state index contributed by atoms with van der Waals surface area (Å²) in [6.45, 7) is -1.60. The molecule has 2 aliphatic heterocycles. The highest BCUT2D eigenvalue weighted by molar-refractivity contribution is 5.86. The van der Waals surface area contributed by atoms with E-state index >= 15 is 0 Å². The second-order valence-corrected chi connectivity index (χ2v) is 5.18. The van der Waals surface area contributed by atoms with Crippen LogP contribution in [-0.4, -0.2) is 56.4 Å². The van der Waals surface area contributed by atoms with E-state index in [2.05, 4.69) is 15.6 Å². The van der Waals surface area contributed by atoms with Crippen molar-refractivity contribution in [3.8, 4) is 0 Å². The maximum atomic E-state index is 12.0. The first-order valence-corrected chi connectivity index (χ1v) is 6.83. The van der Waals surface area contributed by atoms with Crippen LogP contribution in [-0.2, 0) is 9.53 Å². The highest BCUT2D eigenvalue weighted by Gasteiger charge is 2.41. The topological polar surface area (TPSA) is 74.8 Å². The molecule has 0 aliphatic carbocycles. The summed E-state index contributed by atoms with van der Waals surface area (Å²) < 4.78 is 41.5. The molecule has 2 bridgehead atoms. The van der Waals surface area contributed by atoms with Gasteiger partial charge in [0, 0.05) is 7.05 Å². The zero-order chi connectivity index (χ0) is 15.5. The van der Waals surface area contributed by atoms with Gasteiger partial charge in [0.2, 0.25) is 5.91 Å². The highest BCUT2D eigenvalue weighted by atomic mass is 19.4. The molecule has 0 aromatic heterocycles. The third-order valence-electron chi connectivity index (χ3n) is 3.55. The molecular formula is C12H19F3N4O2. The number of aliphatic imine (C=N–C) groups is 1. The normalized spacial score (nSPS) is 28.6. The Labute approximate surface area is 120 Å². The van der Waals surface area contributed by atoms with Gasteiger partial charge in [-0.15, -0.1) is 0 Å². The SMILES string of the molecule is CN=C(NCC(=O)NCC(F)(F)F)NC1CC2CCC1O2. The van der Waals surface area contributed by atoms with Gasteiger partial charge in [-0.2, -0.15) is 13.2 Å². The highest BCUT2D eigenvalue weighted by Crippen LogP contribution is 2.34. The van der Waals surface area contributed by atoms with Gasteiger partial charge in [-0.25, -0.2) is 0 Å². The van der Waals surface area contributed by atoms with E-state index in [1.54, 1.807) is 5.32 Å². The van der Waals surface area contributed by atoms with E-state index in [4.69, 9.17) is 4.74 Å². The molecule has 0 aromatic carbocycles. The van der Waals surface area contributed by atoms with Crippen molar-refractivity contribution in [3.05, 3.63) is 0 Å². The lowest BCUT2D eigenvalue weighted by Crippen LogP contribution is -2.50. The predicted molar refractivity (Wildman–Crippen MR) is 69.9 cm³/mol. The number of alkyl halides is 3. The first-order chi connectivity index (χ1) is 9.87. The Hall–Kier alpha value is -1.51. The third kappa shape index (κ3) is 4.76. The average molecular weight is 308 g/mol. The van der Waals surface area contributed by atoms with Crippen LogP contribution in [0.3, 0.4) is 0 Å². The number of rotatable bonds is 4. The summed E-state index contributed by atoms with van der Waals surface area (Å²) in [4.78, 5) is 15.2. The van der Waals surface area contributed by atoms with Crippen molar-refractivity contribution in [1.29, 1.82) is 0 Å². The Morgan fingerprint density at radius 1 is 1.33 bits per heavy atom. The summed E-state index contributed by atoms with van der Waals surface area (Å²) >= 11 is 0. The second-order valence-electron chi connectivity index (χ2n) is 5.18. The number of fused-ring (bicyclic) bond motifs is 2. The van der Waals surface area contributed by atoms with Gasteiger partial charge in [0.15, 0.2) is 5.96 Å². The molecule has 0 radical (unpaired) electrons. The first kappa shape index (κ1) is 15.9. The molecular weight excluding hydrogens is 289 g/mol. The molecule has 3 N–H and O–H groups in total. The van der Waals surface area contributed by atoms with E-state index in [1.807, 2.05) is 0 Å². The molecule has 1 amide bonds. The van der Waals surface area contributed by atoms with Gasteiger partial charge >= 0.3 is 6.18 Å². The van der Waals surface area contributed by atoms with Gasteiger partial charge in [-0.1, -0.05) is 0 Å². The predicted octanol–water partition coefficient (Wildman–Crippen LogP) is 0.150. The molecule has 2 aliphatic rings. The summed E-state index contributed by atoms with van der Waals surface area (Å²) in [7, 11) is 1.54. The van der Waals surface area contributed by atoms with E-state index in [1.165, 1.54) is 7.05 Å². The minimum absolute atomic E-state index is 0.133. The zero-order valence-electron chi connectivity index (χ0n) is 11.7. The van der Waals surface area contributed by atoms with E-state index in [0.717, 1.165) is 19.3 Å². The molecule has 0 spiro atoms. The third-order valence-corrected chi connectivity index (χ3v) is 3.55. The number of carbonyl (C=O) groups excluding carboxylic acids is 1. The largest absolute Gasteiger partial charge is 0.405 e. The lowest BCUT2D eigenvalue weighted by molar-refractivity contribution is -0.137. The maximum Gasteiger partial charge on any atom is 0.405 e. The van der Waals surface area contributed by atoms with Crippen molar-refractivity contribution in [2.75, 3.05) is 20.1 Å². The van der Waals surface area contributed by atoms with E-state index in [-0.39, 0.29) is 24.8 Å². The Bertz CT molecular complexity index is 414. The van der Waals surface area contributed by atoms with Crippen molar-refractivity contribution < 1.29 is 22.7 Å². The van der Waals surface area contributed by atoms with Gasteiger partial charge in [0.1, 0.15) is 6.54 Å². The zero-order valence-corrected chi connectivity index (χ0v) is 11.7. The Kier molecular flexibility index (Phi) is 4.92. The van der Waals surface area contributed by atoms with Crippen molar-refractivity contribution in [2.24, 2.45) is 4.99 Å². The maximum absolute atomic E-state index is 12.0. The van der Waals surface area contributed by atoms with Crippen LogP contribution in [0, 0.1) is 0 Å². The monoisotopic (exact) mass is 308 g/mol. The number of ether oxygens (including phenoxy) is 1. The van der Waals surface area contributed by atoms with Crippen molar-refractivity contribution in [3.63, 3.8) is 0 Å². The fourth-order valence-corrected chi connectivity index (χ4v) is 2.59. The van der Waals surface area contributed by atoms with Crippen LogP contribution in [0.5, 0.6) is 0 Å². The second kappa shape index (κ2) is 6.50. The summed E-state index contributed by atoms with van der Waals surface area (Å²) in [5.74, 6) is -0.349. The lowest BCUT2D eigenvalue weighted by atomic mass is 9.96. The van der Waals surface area contributed by atoms with Crippen molar-refractivity contribution in [2.45, 2.75) is 43.7 Å². The molecule has 2 rings (SSSR count). The molecule has 6 nitrogen and oxygen atoms in total. The van der Waals surface area contributed by atoms with Crippen LogP contribution >= 0.6 is 0 Å². The molecule has 9 heteroatoms. The summed E-state index contributed by atoms with van der Waals surface area (Å²) in [5.41, 5.74) is 0. The fraction of sp³-hybridized carbons (Fsp3) is 0.833. The molecule has 2 heterocycles. The number of hydrogen-bond donors (Lipinski definition) is 3. The van der Waals surface area contributed by atoms with E-state index < -0.39 is 18.6 Å². The quantitative estimate of drug-likeness (QED) is 0.510. The minimum atomic E-state index is -4.41. The molecule has 0 aromatic rings. The Morgan fingerprint density at radius 3 is 2.62 bits per heavy atom. The smallest absolute Gasteiger partial charge is 0.373 e. The van der Waals surface area contributed by atoms with Crippen LogP contribution in [0.2, 0.25) is 0 Å². The number of guanidine groups is 1. The number of carbonyl (C=O) groups is 1. The summed E-state index contributed by atoms with van der Waals surface area (Å²) in [6.07, 6.45) is -1.05. The minimum Gasteiger partial charge on any atom is -0.373 e. The molecule has 3 unspecified atom stereocenters. The first-order valence-electron chi connectivity index (χ1n) is 6.83. The van der Waals surface area contributed by atoms with Gasteiger partial charge in [-0.05, 0) is 19.3 Å². The van der Waals surface area contributed by atoms with Crippen LogP contribution in [0.25, 0.3) is 0 Å². The van der Waals surface area contributed by atoms with Crippen LogP contribution in [0.15, 0.2) is 4.99 Å². The average Bonchev–Trinajstić information content (AvgIpc) is 3.02. The van der Waals surface area contributed by atoms with Crippen molar-refractivity contribution in [1.82, 2.24) is 16.0 Å². The van der Waals surface area contributed by atoms with Crippen LogP contribution in [0.1, 0.15) is 19.3 Å². The Morgan fingerprint density at radius 2 is 2.10 bits per heavy atom. The number of hydrogen-bond acceptors (Lipinski definition) is 3. The number of nitrogens with zero attached hydrogens (tertiary/aromatic N) is 1. The molecule has 2 fully saturated rings. The lowest BCUT2D eigenvalue weighted by Gasteiger charge is -2.22. The van der Waals surface area contributed by atoms with Crippen molar-refractivity contribution >= 4 is 11.9 Å². The van der Waals surface area contributed by atoms with E-state index in [9.17, 15) is 18.0 Å². The molecule has 21 heavy (non-hydrogen) atoms. The molecule has 0 saturated carbocycles. The summed E-state index contributed by atoms with van der Waals surface area (Å²) in [6, 6.07) is 0.133. The summed E-state index contributed by atoms with van der Waals surface area (Å²) in [5, 5.41) is 7.62. The Balaban J connectivity index is 1.69. The van der Waals surface area contributed by atoms with Crippen LogP contribution < -0.4 is 16.0 Å².